The summed E-state index contributed by atoms with van der Waals surface area (Å²) >= 11 is 0. The number of aromatic carboxylic acids is 1. The molecule has 4 nitrogen and oxygen atoms in total. The van der Waals surface area contributed by atoms with Crippen molar-refractivity contribution in [3.63, 3.8) is 0 Å². The van der Waals surface area contributed by atoms with Gasteiger partial charge in [0.2, 0.25) is 0 Å². The van der Waals surface area contributed by atoms with E-state index < -0.39 is 11.6 Å². The van der Waals surface area contributed by atoms with Gasteiger partial charge < -0.3 is 9.63 Å². The van der Waals surface area contributed by atoms with Gasteiger partial charge in [-0.15, -0.1) is 0 Å². The lowest BCUT2D eigenvalue weighted by atomic mass is 10.1. The molecule has 0 radical (unpaired) electrons. The molecule has 1 aliphatic carbocycles. The molecule has 12 heavy (non-hydrogen) atoms. The summed E-state index contributed by atoms with van der Waals surface area (Å²) in [5, 5.41) is 11.9. The number of halogens is 1. The third-order valence-electron chi connectivity index (χ3n) is 1.91. The van der Waals surface area contributed by atoms with Gasteiger partial charge in [-0.1, -0.05) is 5.16 Å². The first kappa shape index (κ1) is 7.27. The normalized spacial score (nSPS) is 19.1. The van der Waals surface area contributed by atoms with Crippen LogP contribution in [0.5, 0.6) is 0 Å². The first-order valence-electron chi connectivity index (χ1n) is 3.50. The van der Waals surface area contributed by atoms with Crippen LogP contribution >= 0.6 is 0 Å². The maximum atomic E-state index is 13.3. The number of aromatic nitrogens is 1. The highest BCUT2D eigenvalue weighted by Crippen LogP contribution is 2.49. The number of nitrogens with zero attached hydrogens (tertiary/aromatic N) is 1. The van der Waals surface area contributed by atoms with E-state index in [1.165, 1.54) is 0 Å². The van der Waals surface area contributed by atoms with Crippen molar-refractivity contribution >= 4 is 5.97 Å². The van der Waals surface area contributed by atoms with E-state index in [2.05, 4.69) is 9.68 Å². The van der Waals surface area contributed by atoms with E-state index >= 15 is 0 Å². The van der Waals surface area contributed by atoms with Gasteiger partial charge >= 0.3 is 5.97 Å². The van der Waals surface area contributed by atoms with Gasteiger partial charge in [-0.2, -0.15) is 0 Å². The summed E-state index contributed by atoms with van der Waals surface area (Å²) in [6.45, 7) is 0. The number of alkyl halides is 1. The Morgan fingerprint density at radius 3 is 2.92 bits per heavy atom. The molecule has 0 atom stereocenters. The lowest BCUT2D eigenvalue weighted by Crippen LogP contribution is -2.06. The van der Waals surface area contributed by atoms with E-state index in [9.17, 15) is 9.18 Å². The SMILES string of the molecule is O=C(O)c1conc1C1(F)CC1. The molecular formula is C7H6FNO3. The van der Waals surface area contributed by atoms with Crippen molar-refractivity contribution in [2.45, 2.75) is 18.5 Å². The molecular weight excluding hydrogens is 165 g/mol. The molecule has 1 saturated carbocycles. The average molecular weight is 171 g/mol. The topological polar surface area (TPSA) is 63.3 Å². The summed E-state index contributed by atoms with van der Waals surface area (Å²) in [7, 11) is 0. The van der Waals surface area contributed by atoms with Crippen molar-refractivity contribution < 1.29 is 18.8 Å². The highest BCUT2D eigenvalue weighted by atomic mass is 19.1. The summed E-state index contributed by atoms with van der Waals surface area (Å²) in [6.07, 6.45) is 1.62. The third kappa shape index (κ3) is 0.895. The molecule has 0 saturated heterocycles. The minimum Gasteiger partial charge on any atom is -0.478 e. The molecule has 0 aromatic carbocycles. The standard InChI is InChI=1S/C7H6FNO3/c8-7(1-2-7)5-4(6(10)11)3-12-9-5/h3H,1-2H2,(H,10,11). The Hall–Kier alpha value is -1.39. The van der Waals surface area contributed by atoms with Gasteiger partial charge in [0, 0.05) is 0 Å². The molecule has 1 N–H and O–H groups in total. The molecule has 0 aliphatic heterocycles. The zero-order valence-corrected chi connectivity index (χ0v) is 6.08. The molecule has 1 aliphatic rings. The molecule has 0 unspecified atom stereocenters. The highest BCUT2D eigenvalue weighted by Gasteiger charge is 2.50. The fourth-order valence-corrected chi connectivity index (χ4v) is 1.06. The predicted molar refractivity (Wildman–Crippen MR) is 35.5 cm³/mol. The number of carboxylic acid groups (broad SMARTS) is 1. The van der Waals surface area contributed by atoms with Gasteiger partial charge in [0.05, 0.1) is 0 Å². The molecule has 2 rings (SSSR count). The third-order valence-corrected chi connectivity index (χ3v) is 1.91. The maximum Gasteiger partial charge on any atom is 0.341 e. The number of hydrogen-bond acceptors (Lipinski definition) is 3. The summed E-state index contributed by atoms with van der Waals surface area (Å²) < 4.78 is 17.7. The van der Waals surface area contributed by atoms with E-state index in [4.69, 9.17) is 5.11 Å². The summed E-state index contributed by atoms with van der Waals surface area (Å²) in [5.41, 5.74) is -1.79. The zero-order chi connectivity index (χ0) is 8.77. The van der Waals surface area contributed by atoms with Crippen molar-refractivity contribution in [3.8, 4) is 0 Å². The van der Waals surface area contributed by atoms with Crippen LogP contribution in [-0.2, 0) is 5.67 Å². The molecule has 1 fully saturated rings. The van der Waals surface area contributed by atoms with Crippen LogP contribution in [0.15, 0.2) is 10.8 Å². The monoisotopic (exact) mass is 171 g/mol. The molecule has 1 aromatic rings. The molecule has 5 heteroatoms. The summed E-state index contributed by atoms with van der Waals surface area (Å²) in [6, 6.07) is 0. The van der Waals surface area contributed by atoms with Crippen LogP contribution in [0.1, 0.15) is 28.9 Å². The summed E-state index contributed by atoms with van der Waals surface area (Å²) in [5.74, 6) is -1.20. The van der Waals surface area contributed by atoms with Crippen molar-refractivity contribution in [1.82, 2.24) is 5.16 Å². The second kappa shape index (κ2) is 2.06. The van der Waals surface area contributed by atoms with E-state index in [0.29, 0.717) is 12.8 Å². The van der Waals surface area contributed by atoms with E-state index in [1.54, 1.807) is 0 Å². The van der Waals surface area contributed by atoms with Gasteiger partial charge in [-0.25, -0.2) is 9.18 Å². The number of hydrogen-bond donors (Lipinski definition) is 1. The van der Waals surface area contributed by atoms with Crippen molar-refractivity contribution in [2.75, 3.05) is 0 Å². The van der Waals surface area contributed by atoms with Crippen LogP contribution in [0.25, 0.3) is 0 Å². The molecule has 1 aromatic heterocycles. The molecule has 64 valence electrons. The van der Waals surface area contributed by atoms with E-state index in [-0.39, 0.29) is 11.3 Å². The molecule has 0 amide bonds. The van der Waals surface area contributed by atoms with Crippen LogP contribution < -0.4 is 0 Å². The largest absolute Gasteiger partial charge is 0.478 e. The van der Waals surface area contributed by atoms with E-state index in [0.717, 1.165) is 6.26 Å². The number of carboxylic acids is 1. The number of rotatable bonds is 2. The van der Waals surface area contributed by atoms with Crippen LogP contribution in [0.3, 0.4) is 0 Å². The van der Waals surface area contributed by atoms with Gasteiger partial charge in [-0.05, 0) is 12.8 Å². The van der Waals surface area contributed by atoms with Crippen molar-refractivity contribution in [3.05, 3.63) is 17.5 Å². The van der Waals surface area contributed by atoms with Gasteiger partial charge in [-0.3, -0.25) is 0 Å². The Kier molecular flexibility index (Phi) is 1.25. The minimum atomic E-state index is -1.54. The van der Waals surface area contributed by atoms with Crippen molar-refractivity contribution in [1.29, 1.82) is 0 Å². The second-order valence-corrected chi connectivity index (χ2v) is 2.85. The minimum absolute atomic E-state index is 0.0741. The fraction of sp³-hybridized carbons (Fsp3) is 0.429. The highest BCUT2D eigenvalue weighted by molar-refractivity contribution is 5.88. The Morgan fingerprint density at radius 1 is 1.75 bits per heavy atom. The Bertz CT molecular complexity index is 329. The smallest absolute Gasteiger partial charge is 0.341 e. The predicted octanol–water partition coefficient (Wildman–Crippen LogP) is 1.33. The maximum absolute atomic E-state index is 13.3. The Balaban J connectivity index is 2.43. The van der Waals surface area contributed by atoms with Gasteiger partial charge in [0.15, 0.2) is 5.67 Å². The quantitative estimate of drug-likeness (QED) is 0.729. The summed E-state index contributed by atoms with van der Waals surface area (Å²) in [4.78, 5) is 10.5. The van der Waals surface area contributed by atoms with Crippen molar-refractivity contribution in [2.24, 2.45) is 0 Å². The van der Waals surface area contributed by atoms with Crippen LogP contribution in [0.4, 0.5) is 4.39 Å². The Labute approximate surface area is 67.0 Å². The molecule has 1 heterocycles. The van der Waals surface area contributed by atoms with E-state index in [1.807, 2.05) is 0 Å². The lowest BCUT2D eigenvalue weighted by Gasteiger charge is -1.98. The average Bonchev–Trinajstić information content (AvgIpc) is 2.61. The fourth-order valence-electron chi connectivity index (χ4n) is 1.06. The number of carbonyl (C=O) groups is 1. The van der Waals surface area contributed by atoms with Crippen LogP contribution in [0, 0.1) is 0 Å². The lowest BCUT2D eigenvalue weighted by molar-refractivity contribution is 0.0692. The second-order valence-electron chi connectivity index (χ2n) is 2.85. The van der Waals surface area contributed by atoms with Gasteiger partial charge in [0.1, 0.15) is 17.5 Å². The molecule has 0 bridgehead atoms. The zero-order valence-electron chi connectivity index (χ0n) is 6.08. The van der Waals surface area contributed by atoms with Crippen LogP contribution in [0.2, 0.25) is 0 Å². The molecule has 0 spiro atoms. The van der Waals surface area contributed by atoms with Crippen LogP contribution in [-0.4, -0.2) is 16.2 Å². The van der Waals surface area contributed by atoms with Gasteiger partial charge in [0.25, 0.3) is 0 Å². The first-order chi connectivity index (χ1) is 5.63. The Morgan fingerprint density at radius 2 is 2.42 bits per heavy atom. The first-order valence-corrected chi connectivity index (χ1v) is 3.50.